The minimum absolute atomic E-state index is 0.575. The van der Waals surface area contributed by atoms with Crippen LogP contribution in [0.2, 0.25) is 5.15 Å². The van der Waals surface area contributed by atoms with Crippen LogP contribution in [0.1, 0.15) is 11.1 Å². The fourth-order valence-corrected chi connectivity index (χ4v) is 1.87. The summed E-state index contributed by atoms with van der Waals surface area (Å²) >= 11 is 6.02. The summed E-state index contributed by atoms with van der Waals surface area (Å²) in [6.07, 6.45) is 5.36. The molecule has 0 aliphatic carbocycles. The van der Waals surface area contributed by atoms with E-state index in [1.54, 1.807) is 12.4 Å². The molecule has 0 spiro atoms. The summed E-state index contributed by atoms with van der Waals surface area (Å²) in [5.41, 5.74) is 2.23. The zero-order valence-electron chi connectivity index (χ0n) is 9.68. The summed E-state index contributed by atoms with van der Waals surface area (Å²) in [5.74, 6) is 0. The van der Waals surface area contributed by atoms with Crippen LogP contribution in [-0.2, 0) is 13.1 Å². The molecular weight excluding hydrogens is 234 g/mol. The van der Waals surface area contributed by atoms with Gasteiger partial charge in [0.25, 0.3) is 0 Å². The van der Waals surface area contributed by atoms with E-state index in [0.717, 1.165) is 18.7 Å². The second-order valence-electron chi connectivity index (χ2n) is 3.99. The molecule has 0 aliphatic rings. The number of nitrogens with zero attached hydrogens (tertiary/aromatic N) is 3. The lowest BCUT2D eigenvalue weighted by atomic mass is 10.2. The van der Waals surface area contributed by atoms with Crippen LogP contribution in [0.15, 0.2) is 42.9 Å². The lowest BCUT2D eigenvalue weighted by Gasteiger charge is -2.16. The van der Waals surface area contributed by atoms with Gasteiger partial charge in [0.2, 0.25) is 0 Å². The van der Waals surface area contributed by atoms with Crippen molar-refractivity contribution in [3.63, 3.8) is 0 Å². The van der Waals surface area contributed by atoms with Crippen molar-refractivity contribution >= 4 is 11.6 Å². The van der Waals surface area contributed by atoms with Crippen molar-refractivity contribution in [2.24, 2.45) is 0 Å². The van der Waals surface area contributed by atoms with Crippen LogP contribution in [0, 0.1) is 0 Å². The van der Waals surface area contributed by atoms with Gasteiger partial charge in [-0.05, 0) is 24.7 Å². The predicted molar refractivity (Wildman–Crippen MR) is 68.7 cm³/mol. The van der Waals surface area contributed by atoms with E-state index in [2.05, 4.69) is 28.0 Å². The fourth-order valence-electron chi connectivity index (χ4n) is 1.69. The van der Waals surface area contributed by atoms with Gasteiger partial charge in [-0.25, -0.2) is 4.98 Å². The summed E-state index contributed by atoms with van der Waals surface area (Å²) in [4.78, 5) is 10.3. The fraction of sp³-hybridized carbons (Fsp3) is 0.231. The molecule has 2 heterocycles. The molecule has 2 aromatic rings. The van der Waals surface area contributed by atoms with Crippen molar-refractivity contribution < 1.29 is 0 Å². The molecule has 3 nitrogen and oxygen atoms in total. The van der Waals surface area contributed by atoms with Gasteiger partial charge in [-0.1, -0.05) is 23.7 Å². The van der Waals surface area contributed by atoms with E-state index in [9.17, 15) is 0 Å². The quantitative estimate of drug-likeness (QED) is 0.778. The topological polar surface area (TPSA) is 29.0 Å². The Labute approximate surface area is 106 Å². The van der Waals surface area contributed by atoms with E-state index in [4.69, 9.17) is 11.6 Å². The number of pyridine rings is 2. The first-order valence-electron chi connectivity index (χ1n) is 5.42. The van der Waals surface area contributed by atoms with E-state index in [-0.39, 0.29) is 0 Å². The SMILES string of the molecule is CN(Cc1cccnc1)Cc1cccnc1Cl. The Kier molecular flexibility index (Phi) is 4.07. The summed E-state index contributed by atoms with van der Waals surface area (Å²) in [7, 11) is 2.05. The van der Waals surface area contributed by atoms with Crippen LogP contribution in [-0.4, -0.2) is 21.9 Å². The Balaban J connectivity index is 1.98. The summed E-state index contributed by atoms with van der Waals surface area (Å²) in [6.45, 7) is 1.63. The molecular formula is C13H14ClN3. The molecule has 0 unspecified atom stereocenters. The van der Waals surface area contributed by atoms with Crippen LogP contribution >= 0.6 is 11.6 Å². The number of rotatable bonds is 4. The maximum Gasteiger partial charge on any atom is 0.133 e. The van der Waals surface area contributed by atoms with E-state index < -0.39 is 0 Å². The molecule has 17 heavy (non-hydrogen) atoms. The molecule has 0 aromatic carbocycles. The van der Waals surface area contributed by atoms with Crippen LogP contribution in [0.5, 0.6) is 0 Å². The van der Waals surface area contributed by atoms with Gasteiger partial charge in [0.15, 0.2) is 0 Å². The van der Waals surface area contributed by atoms with Gasteiger partial charge in [-0.15, -0.1) is 0 Å². The number of hydrogen-bond acceptors (Lipinski definition) is 3. The van der Waals surface area contributed by atoms with Gasteiger partial charge in [0.1, 0.15) is 5.15 Å². The molecule has 0 bridgehead atoms. The number of aromatic nitrogens is 2. The molecule has 0 saturated heterocycles. The summed E-state index contributed by atoms with van der Waals surface area (Å²) in [5, 5.41) is 0.575. The Hall–Kier alpha value is -1.45. The van der Waals surface area contributed by atoms with E-state index >= 15 is 0 Å². The Bertz CT molecular complexity index is 473. The largest absolute Gasteiger partial charge is 0.298 e. The Morgan fingerprint density at radius 2 is 2.00 bits per heavy atom. The highest BCUT2D eigenvalue weighted by Crippen LogP contribution is 2.14. The Morgan fingerprint density at radius 1 is 1.18 bits per heavy atom. The average Bonchev–Trinajstić information content (AvgIpc) is 2.33. The molecule has 4 heteroatoms. The third kappa shape index (κ3) is 3.51. The summed E-state index contributed by atoms with van der Waals surface area (Å²) in [6, 6.07) is 7.91. The normalized spacial score (nSPS) is 10.8. The van der Waals surface area contributed by atoms with Gasteiger partial charge in [0.05, 0.1) is 0 Å². The zero-order chi connectivity index (χ0) is 12.1. The minimum Gasteiger partial charge on any atom is -0.298 e. The maximum atomic E-state index is 6.02. The highest BCUT2D eigenvalue weighted by Gasteiger charge is 2.05. The van der Waals surface area contributed by atoms with Crippen molar-refractivity contribution in [1.82, 2.24) is 14.9 Å². The molecule has 0 amide bonds. The van der Waals surface area contributed by atoms with Gasteiger partial charge in [0, 0.05) is 37.2 Å². The lowest BCUT2D eigenvalue weighted by Crippen LogP contribution is -2.17. The molecule has 2 rings (SSSR count). The van der Waals surface area contributed by atoms with Gasteiger partial charge in [-0.3, -0.25) is 9.88 Å². The first kappa shape index (κ1) is 12.0. The molecule has 0 saturated carbocycles. The highest BCUT2D eigenvalue weighted by atomic mass is 35.5. The Morgan fingerprint density at radius 3 is 2.71 bits per heavy atom. The van der Waals surface area contributed by atoms with E-state index in [0.29, 0.717) is 5.15 Å². The number of hydrogen-bond donors (Lipinski definition) is 0. The van der Waals surface area contributed by atoms with Crippen LogP contribution in [0.4, 0.5) is 0 Å². The molecule has 0 N–H and O–H groups in total. The van der Waals surface area contributed by atoms with Gasteiger partial charge < -0.3 is 0 Å². The summed E-state index contributed by atoms with van der Waals surface area (Å²) < 4.78 is 0. The van der Waals surface area contributed by atoms with Crippen molar-refractivity contribution in [2.45, 2.75) is 13.1 Å². The first-order chi connectivity index (χ1) is 8.25. The monoisotopic (exact) mass is 247 g/mol. The van der Waals surface area contributed by atoms with Crippen LogP contribution < -0.4 is 0 Å². The van der Waals surface area contributed by atoms with E-state index in [1.165, 1.54) is 5.56 Å². The van der Waals surface area contributed by atoms with Crippen molar-refractivity contribution in [1.29, 1.82) is 0 Å². The third-order valence-corrected chi connectivity index (χ3v) is 2.79. The minimum atomic E-state index is 0.575. The number of halogens is 1. The molecule has 88 valence electrons. The second-order valence-corrected chi connectivity index (χ2v) is 4.34. The zero-order valence-corrected chi connectivity index (χ0v) is 10.4. The molecule has 2 aromatic heterocycles. The highest BCUT2D eigenvalue weighted by molar-refractivity contribution is 6.30. The standard InChI is InChI=1S/C13H14ClN3/c1-17(9-11-4-2-6-15-8-11)10-12-5-3-7-16-13(12)14/h2-8H,9-10H2,1H3. The maximum absolute atomic E-state index is 6.02. The molecule has 0 aliphatic heterocycles. The van der Waals surface area contributed by atoms with Crippen LogP contribution in [0.25, 0.3) is 0 Å². The van der Waals surface area contributed by atoms with Crippen LogP contribution in [0.3, 0.4) is 0 Å². The smallest absolute Gasteiger partial charge is 0.133 e. The lowest BCUT2D eigenvalue weighted by molar-refractivity contribution is 0.318. The van der Waals surface area contributed by atoms with E-state index in [1.807, 2.05) is 24.4 Å². The molecule has 0 atom stereocenters. The van der Waals surface area contributed by atoms with Crippen molar-refractivity contribution in [2.75, 3.05) is 7.05 Å². The predicted octanol–water partition coefficient (Wildman–Crippen LogP) is 2.76. The van der Waals surface area contributed by atoms with Crippen molar-refractivity contribution in [3.05, 3.63) is 59.1 Å². The van der Waals surface area contributed by atoms with Crippen molar-refractivity contribution in [3.8, 4) is 0 Å². The molecule has 0 radical (unpaired) electrons. The van der Waals surface area contributed by atoms with Gasteiger partial charge in [-0.2, -0.15) is 0 Å². The average molecular weight is 248 g/mol. The first-order valence-corrected chi connectivity index (χ1v) is 5.80. The third-order valence-electron chi connectivity index (χ3n) is 2.45. The van der Waals surface area contributed by atoms with Gasteiger partial charge >= 0.3 is 0 Å². The second kappa shape index (κ2) is 5.75. The molecule has 0 fully saturated rings.